The Morgan fingerprint density at radius 1 is 1.44 bits per heavy atom. The summed E-state index contributed by atoms with van der Waals surface area (Å²) >= 11 is 1.66. The van der Waals surface area contributed by atoms with Gasteiger partial charge in [-0.25, -0.2) is 9.97 Å². The lowest BCUT2D eigenvalue weighted by Crippen LogP contribution is -2.41. The molecule has 1 fully saturated rings. The van der Waals surface area contributed by atoms with Crippen molar-refractivity contribution in [3.8, 4) is 0 Å². The Hall–Kier alpha value is -1.49. The third kappa shape index (κ3) is 1.79. The van der Waals surface area contributed by atoms with E-state index >= 15 is 0 Å². The Morgan fingerprint density at radius 2 is 2.33 bits per heavy atom. The number of carbonyl (C=O) groups is 1. The second-order valence-corrected chi connectivity index (χ2v) is 5.57. The van der Waals surface area contributed by atoms with Crippen molar-refractivity contribution in [2.75, 3.05) is 11.4 Å². The van der Waals surface area contributed by atoms with E-state index in [1.165, 1.54) is 5.56 Å². The second kappa shape index (κ2) is 4.65. The Bertz CT molecular complexity index is 581. The minimum Gasteiger partial charge on any atom is -0.346 e. The van der Waals surface area contributed by atoms with E-state index in [0.29, 0.717) is 0 Å². The van der Waals surface area contributed by atoms with Crippen LogP contribution in [0, 0.1) is 6.92 Å². The van der Waals surface area contributed by atoms with Gasteiger partial charge in [0.05, 0.1) is 16.3 Å². The summed E-state index contributed by atoms with van der Waals surface area (Å²) in [6.45, 7) is 2.97. The molecule has 2 aromatic rings. The summed E-state index contributed by atoms with van der Waals surface area (Å²) in [6, 6.07) is -0.0285. The fourth-order valence-electron chi connectivity index (χ4n) is 2.52. The molecule has 1 aliphatic rings. The zero-order chi connectivity index (χ0) is 12.5. The van der Waals surface area contributed by atoms with Crippen LogP contribution >= 0.6 is 11.3 Å². The number of aldehydes is 1. The van der Waals surface area contributed by atoms with Gasteiger partial charge < -0.3 is 9.69 Å². The lowest BCUT2D eigenvalue weighted by Gasteiger charge is -2.33. The fraction of sp³-hybridized carbons (Fsp3) is 0.462. The molecule has 4 nitrogen and oxygen atoms in total. The standard InChI is InChI=1S/C13H15N3OS/c1-9-7-18-12-11(9)14-8-15-13(12)16-5-3-2-4-10(16)6-17/h6-8,10H,2-5H2,1H3. The van der Waals surface area contributed by atoms with Crippen molar-refractivity contribution in [3.05, 3.63) is 17.3 Å². The zero-order valence-corrected chi connectivity index (χ0v) is 11.1. The third-order valence-electron chi connectivity index (χ3n) is 3.49. The molecule has 2 aromatic heterocycles. The molecule has 0 aromatic carbocycles. The molecule has 5 heteroatoms. The van der Waals surface area contributed by atoms with Gasteiger partial charge in [0.15, 0.2) is 5.82 Å². The van der Waals surface area contributed by atoms with Crippen LogP contribution in [0.25, 0.3) is 10.2 Å². The molecule has 1 aliphatic heterocycles. The van der Waals surface area contributed by atoms with Gasteiger partial charge >= 0.3 is 0 Å². The van der Waals surface area contributed by atoms with Crippen LogP contribution in [0.2, 0.25) is 0 Å². The van der Waals surface area contributed by atoms with Crippen LogP contribution in [0.4, 0.5) is 5.82 Å². The van der Waals surface area contributed by atoms with Crippen LogP contribution in [-0.4, -0.2) is 28.8 Å². The summed E-state index contributed by atoms with van der Waals surface area (Å²) < 4.78 is 1.10. The van der Waals surface area contributed by atoms with Crippen LogP contribution < -0.4 is 4.90 Å². The van der Waals surface area contributed by atoms with Gasteiger partial charge in [-0.15, -0.1) is 11.3 Å². The Balaban J connectivity index is 2.10. The number of rotatable bonds is 2. The predicted molar refractivity (Wildman–Crippen MR) is 73.2 cm³/mol. The van der Waals surface area contributed by atoms with Gasteiger partial charge in [0.1, 0.15) is 12.6 Å². The number of fused-ring (bicyclic) bond motifs is 1. The van der Waals surface area contributed by atoms with Gasteiger partial charge in [0, 0.05) is 6.54 Å². The van der Waals surface area contributed by atoms with E-state index in [9.17, 15) is 4.79 Å². The maximum absolute atomic E-state index is 11.2. The van der Waals surface area contributed by atoms with Gasteiger partial charge in [-0.2, -0.15) is 0 Å². The number of aryl methyl sites for hydroxylation is 1. The first kappa shape index (κ1) is 11.6. The van der Waals surface area contributed by atoms with E-state index in [1.54, 1.807) is 17.7 Å². The predicted octanol–water partition coefficient (Wildman–Crippen LogP) is 2.56. The Kier molecular flexibility index (Phi) is 2.99. The number of aromatic nitrogens is 2. The maximum Gasteiger partial charge on any atom is 0.150 e. The van der Waals surface area contributed by atoms with E-state index < -0.39 is 0 Å². The zero-order valence-electron chi connectivity index (χ0n) is 10.3. The van der Waals surface area contributed by atoms with Gasteiger partial charge in [-0.1, -0.05) is 0 Å². The molecular formula is C13H15N3OS. The van der Waals surface area contributed by atoms with E-state index in [0.717, 1.165) is 48.1 Å². The summed E-state index contributed by atoms with van der Waals surface area (Å²) in [6.07, 6.45) is 5.83. The number of thiophene rings is 1. The van der Waals surface area contributed by atoms with Crippen LogP contribution in [-0.2, 0) is 4.79 Å². The molecule has 0 saturated carbocycles. The van der Waals surface area contributed by atoms with Gasteiger partial charge in [0.25, 0.3) is 0 Å². The third-order valence-corrected chi connectivity index (χ3v) is 4.57. The number of piperidine rings is 1. The molecule has 0 bridgehead atoms. The van der Waals surface area contributed by atoms with Crippen LogP contribution in [0.1, 0.15) is 24.8 Å². The van der Waals surface area contributed by atoms with Gasteiger partial charge in [-0.3, -0.25) is 0 Å². The first-order valence-corrected chi connectivity index (χ1v) is 7.10. The van der Waals surface area contributed by atoms with E-state index in [2.05, 4.69) is 27.2 Å². The average Bonchev–Trinajstić information content (AvgIpc) is 2.81. The molecule has 0 aliphatic carbocycles. The van der Waals surface area contributed by atoms with Crippen molar-refractivity contribution in [1.82, 2.24) is 9.97 Å². The minimum atomic E-state index is -0.0285. The maximum atomic E-state index is 11.2. The molecule has 3 rings (SSSR count). The molecule has 3 heterocycles. The van der Waals surface area contributed by atoms with Crippen LogP contribution in [0.15, 0.2) is 11.7 Å². The van der Waals surface area contributed by atoms with E-state index in [4.69, 9.17) is 0 Å². The molecule has 0 spiro atoms. The van der Waals surface area contributed by atoms with E-state index in [1.807, 2.05) is 0 Å². The molecule has 94 valence electrons. The summed E-state index contributed by atoms with van der Waals surface area (Å²) in [5.74, 6) is 0.926. The summed E-state index contributed by atoms with van der Waals surface area (Å²) in [7, 11) is 0. The van der Waals surface area contributed by atoms with Gasteiger partial charge in [-0.05, 0) is 37.1 Å². The van der Waals surface area contributed by atoms with Gasteiger partial charge in [0.2, 0.25) is 0 Å². The van der Waals surface area contributed by atoms with Crippen molar-refractivity contribution in [3.63, 3.8) is 0 Å². The summed E-state index contributed by atoms with van der Waals surface area (Å²) in [5.41, 5.74) is 2.19. The molecule has 18 heavy (non-hydrogen) atoms. The SMILES string of the molecule is Cc1csc2c(N3CCCCC3C=O)ncnc12. The molecule has 1 saturated heterocycles. The largest absolute Gasteiger partial charge is 0.346 e. The molecule has 0 N–H and O–H groups in total. The number of nitrogens with zero attached hydrogens (tertiary/aromatic N) is 3. The van der Waals surface area contributed by atoms with Crippen molar-refractivity contribution in [1.29, 1.82) is 0 Å². The molecule has 1 unspecified atom stereocenters. The van der Waals surface area contributed by atoms with E-state index in [-0.39, 0.29) is 6.04 Å². The highest BCUT2D eigenvalue weighted by molar-refractivity contribution is 7.18. The Labute approximate surface area is 110 Å². The molecule has 0 amide bonds. The monoisotopic (exact) mass is 261 g/mol. The number of hydrogen-bond donors (Lipinski definition) is 0. The van der Waals surface area contributed by atoms with Crippen molar-refractivity contribution >= 4 is 33.7 Å². The van der Waals surface area contributed by atoms with Crippen LogP contribution in [0.5, 0.6) is 0 Å². The highest BCUT2D eigenvalue weighted by Gasteiger charge is 2.25. The van der Waals surface area contributed by atoms with Crippen molar-refractivity contribution < 1.29 is 4.79 Å². The number of carbonyl (C=O) groups excluding carboxylic acids is 1. The first-order chi connectivity index (χ1) is 8.81. The normalized spacial score (nSPS) is 20.3. The highest BCUT2D eigenvalue weighted by Crippen LogP contribution is 2.33. The number of anilines is 1. The fourth-order valence-corrected chi connectivity index (χ4v) is 3.53. The molecular weight excluding hydrogens is 246 g/mol. The average molecular weight is 261 g/mol. The van der Waals surface area contributed by atoms with Crippen LogP contribution in [0.3, 0.4) is 0 Å². The second-order valence-electron chi connectivity index (χ2n) is 4.69. The lowest BCUT2D eigenvalue weighted by molar-refractivity contribution is -0.109. The highest BCUT2D eigenvalue weighted by atomic mass is 32.1. The quantitative estimate of drug-likeness (QED) is 0.779. The Morgan fingerprint density at radius 3 is 3.17 bits per heavy atom. The topological polar surface area (TPSA) is 46.1 Å². The van der Waals surface area contributed by atoms with Crippen molar-refractivity contribution in [2.45, 2.75) is 32.2 Å². The lowest BCUT2D eigenvalue weighted by atomic mass is 10.0. The number of hydrogen-bond acceptors (Lipinski definition) is 5. The summed E-state index contributed by atoms with van der Waals surface area (Å²) in [4.78, 5) is 22.1. The first-order valence-electron chi connectivity index (χ1n) is 6.22. The molecule has 1 atom stereocenters. The summed E-state index contributed by atoms with van der Waals surface area (Å²) in [5, 5.41) is 2.10. The smallest absolute Gasteiger partial charge is 0.150 e. The molecule has 0 radical (unpaired) electrons. The minimum absolute atomic E-state index is 0.0285. The van der Waals surface area contributed by atoms with Crippen molar-refractivity contribution in [2.24, 2.45) is 0 Å².